The van der Waals surface area contributed by atoms with E-state index >= 15 is 0 Å². The number of rotatable bonds is 8. The fourth-order valence-corrected chi connectivity index (χ4v) is 4.35. The van der Waals surface area contributed by atoms with E-state index in [1.807, 2.05) is 23.8 Å². The van der Waals surface area contributed by atoms with E-state index in [0.29, 0.717) is 30.5 Å². The number of carbonyl (C=O) groups excluding carboxylic acids is 1. The van der Waals surface area contributed by atoms with Gasteiger partial charge in [-0.15, -0.1) is 0 Å². The summed E-state index contributed by atoms with van der Waals surface area (Å²) in [6, 6.07) is 10.5. The molecule has 2 heterocycles. The van der Waals surface area contributed by atoms with Crippen LogP contribution in [-0.4, -0.2) is 24.0 Å². The predicted octanol–water partition coefficient (Wildman–Crippen LogP) is 4.85. The summed E-state index contributed by atoms with van der Waals surface area (Å²) in [6.45, 7) is 3.09. The summed E-state index contributed by atoms with van der Waals surface area (Å²) in [5, 5.41) is 6.93. The van der Waals surface area contributed by atoms with Crippen molar-refractivity contribution in [2.75, 3.05) is 13.2 Å². The average Bonchev–Trinajstić information content (AvgIpc) is 3.38. The number of hydrogen-bond donors (Lipinski definition) is 1. The molecule has 2 aromatic heterocycles. The summed E-state index contributed by atoms with van der Waals surface area (Å²) in [5.74, 6) is 1.23. The minimum absolute atomic E-state index is 0.0405. The molecule has 0 bridgehead atoms. The molecule has 3 aromatic rings. The number of nitrogens with one attached hydrogen (secondary N) is 1. The molecule has 6 heteroatoms. The van der Waals surface area contributed by atoms with E-state index in [9.17, 15) is 4.79 Å². The molecule has 0 saturated heterocycles. The van der Waals surface area contributed by atoms with Gasteiger partial charge in [-0.3, -0.25) is 4.79 Å². The van der Waals surface area contributed by atoms with Crippen LogP contribution in [-0.2, 0) is 22.4 Å². The Balaban J connectivity index is 1.20. The van der Waals surface area contributed by atoms with Gasteiger partial charge in [0.25, 0.3) is 0 Å². The lowest BCUT2D eigenvalue weighted by molar-refractivity contribution is -0.120. The lowest BCUT2D eigenvalue weighted by Crippen LogP contribution is -2.27. The van der Waals surface area contributed by atoms with Crippen molar-refractivity contribution < 1.29 is 13.9 Å². The molecule has 1 amide bonds. The topological polar surface area (TPSA) is 64.4 Å². The molecule has 0 spiro atoms. The zero-order chi connectivity index (χ0) is 20.1. The Morgan fingerprint density at radius 1 is 1.34 bits per heavy atom. The van der Waals surface area contributed by atoms with Gasteiger partial charge in [0.1, 0.15) is 5.76 Å². The Hall–Kier alpha value is -2.44. The van der Waals surface area contributed by atoms with Crippen LogP contribution >= 0.6 is 11.3 Å². The highest BCUT2D eigenvalue weighted by Crippen LogP contribution is 2.32. The van der Waals surface area contributed by atoms with Gasteiger partial charge in [0.2, 0.25) is 11.8 Å². The molecule has 0 radical (unpaired) electrons. The molecular weight excluding hydrogens is 384 g/mol. The van der Waals surface area contributed by atoms with Gasteiger partial charge in [-0.2, -0.15) is 11.3 Å². The number of carbonyl (C=O) groups is 1. The molecule has 1 N–H and O–H groups in total. The molecule has 0 fully saturated rings. The van der Waals surface area contributed by atoms with Crippen LogP contribution in [0.3, 0.4) is 0 Å². The van der Waals surface area contributed by atoms with Gasteiger partial charge in [-0.1, -0.05) is 24.3 Å². The number of oxazole rings is 1. The fraction of sp³-hybridized carbons (Fsp3) is 0.391. The van der Waals surface area contributed by atoms with Gasteiger partial charge < -0.3 is 14.5 Å². The van der Waals surface area contributed by atoms with E-state index in [2.05, 4.69) is 34.6 Å². The smallest absolute Gasteiger partial charge is 0.227 e. The summed E-state index contributed by atoms with van der Waals surface area (Å²) in [5.41, 5.74) is 4.37. The monoisotopic (exact) mass is 410 g/mol. The molecule has 5 nitrogen and oxygen atoms in total. The second-order valence-corrected chi connectivity index (χ2v) is 8.14. The second-order valence-electron chi connectivity index (χ2n) is 7.36. The van der Waals surface area contributed by atoms with Crippen molar-refractivity contribution in [2.45, 2.75) is 45.1 Å². The van der Waals surface area contributed by atoms with Crippen LogP contribution in [0.4, 0.5) is 0 Å². The minimum atomic E-state index is -0.0405. The molecule has 0 saturated carbocycles. The Bertz CT molecular complexity index is 949. The number of aryl methyl sites for hydroxylation is 2. The average molecular weight is 411 g/mol. The molecule has 1 aliphatic rings. The first kappa shape index (κ1) is 19.9. The summed E-state index contributed by atoms with van der Waals surface area (Å²) >= 11 is 1.59. The summed E-state index contributed by atoms with van der Waals surface area (Å²) in [6.07, 6.45) is 4.59. The van der Waals surface area contributed by atoms with E-state index in [0.717, 1.165) is 24.8 Å². The third kappa shape index (κ3) is 4.95. The molecule has 4 rings (SSSR count). The number of fused-ring (bicyclic) bond motifs is 1. The Kier molecular flexibility index (Phi) is 6.42. The molecule has 1 unspecified atom stereocenters. The third-order valence-electron chi connectivity index (χ3n) is 5.27. The highest BCUT2D eigenvalue weighted by Gasteiger charge is 2.20. The highest BCUT2D eigenvalue weighted by atomic mass is 32.1. The molecular formula is C23H26N2O3S. The standard InChI is InChI=1S/C23H26N2O3S/c1-16-20(25-23(28-16)18-10-13-29-15-18)14-22(26)24-11-5-12-27-21-9-4-7-17-6-2-3-8-19(17)21/h2-3,6,8,10,13,15,21H,4-5,7,9,11-12,14H2,1H3,(H,24,26). The lowest BCUT2D eigenvalue weighted by atomic mass is 9.89. The van der Waals surface area contributed by atoms with Crippen LogP contribution in [0.1, 0.15) is 47.9 Å². The quantitative estimate of drug-likeness (QED) is 0.539. The first-order valence-corrected chi connectivity index (χ1v) is 11.1. The zero-order valence-electron chi connectivity index (χ0n) is 16.6. The molecule has 1 aliphatic carbocycles. The first-order chi connectivity index (χ1) is 14.2. The Morgan fingerprint density at radius 3 is 3.10 bits per heavy atom. The molecule has 1 aromatic carbocycles. The molecule has 1 atom stereocenters. The van der Waals surface area contributed by atoms with Crippen LogP contribution in [0.15, 0.2) is 45.5 Å². The van der Waals surface area contributed by atoms with Crippen LogP contribution < -0.4 is 5.32 Å². The number of aromatic nitrogens is 1. The Morgan fingerprint density at radius 2 is 2.24 bits per heavy atom. The maximum absolute atomic E-state index is 12.3. The number of ether oxygens (including phenoxy) is 1. The maximum Gasteiger partial charge on any atom is 0.227 e. The van der Waals surface area contributed by atoms with Crippen LogP contribution in [0.5, 0.6) is 0 Å². The highest BCUT2D eigenvalue weighted by molar-refractivity contribution is 7.08. The zero-order valence-corrected chi connectivity index (χ0v) is 17.5. The molecule has 152 valence electrons. The van der Waals surface area contributed by atoms with E-state index < -0.39 is 0 Å². The minimum Gasteiger partial charge on any atom is -0.441 e. The van der Waals surface area contributed by atoms with Crippen molar-refractivity contribution in [2.24, 2.45) is 0 Å². The van der Waals surface area contributed by atoms with Gasteiger partial charge in [0.15, 0.2) is 0 Å². The number of benzene rings is 1. The van der Waals surface area contributed by atoms with Gasteiger partial charge in [-0.05, 0) is 55.2 Å². The van der Waals surface area contributed by atoms with E-state index in [-0.39, 0.29) is 18.4 Å². The lowest BCUT2D eigenvalue weighted by Gasteiger charge is -2.25. The Labute approximate surface area is 175 Å². The fourth-order valence-electron chi connectivity index (χ4n) is 3.72. The summed E-state index contributed by atoms with van der Waals surface area (Å²) in [7, 11) is 0. The van der Waals surface area contributed by atoms with Gasteiger partial charge in [-0.25, -0.2) is 4.98 Å². The third-order valence-corrected chi connectivity index (χ3v) is 5.95. The van der Waals surface area contributed by atoms with Crippen molar-refractivity contribution >= 4 is 17.2 Å². The molecule has 0 aliphatic heterocycles. The van der Waals surface area contributed by atoms with Gasteiger partial charge in [0.05, 0.1) is 18.2 Å². The SMILES string of the molecule is Cc1oc(-c2ccsc2)nc1CC(=O)NCCCOC1CCCc2ccccc21. The van der Waals surface area contributed by atoms with Crippen LogP contribution in [0.2, 0.25) is 0 Å². The summed E-state index contributed by atoms with van der Waals surface area (Å²) in [4.78, 5) is 16.7. The van der Waals surface area contributed by atoms with E-state index in [4.69, 9.17) is 9.15 Å². The number of amides is 1. The van der Waals surface area contributed by atoms with Crippen LogP contribution in [0.25, 0.3) is 11.5 Å². The van der Waals surface area contributed by atoms with Crippen molar-refractivity contribution in [3.8, 4) is 11.5 Å². The van der Waals surface area contributed by atoms with Gasteiger partial charge in [0, 0.05) is 24.1 Å². The van der Waals surface area contributed by atoms with Crippen molar-refractivity contribution in [1.82, 2.24) is 10.3 Å². The molecule has 29 heavy (non-hydrogen) atoms. The number of thiophene rings is 1. The van der Waals surface area contributed by atoms with Crippen LogP contribution in [0, 0.1) is 6.92 Å². The van der Waals surface area contributed by atoms with Crippen molar-refractivity contribution in [3.05, 3.63) is 63.7 Å². The first-order valence-electron chi connectivity index (χ1n) is 10.2. The predicted molar refractivity (Wildman–Crippen MR) is 114 cm³/mol. The van der Waals surface area contributed by atoms with Crippen molar-refractivity contribution in [3.63, 3.8) is 0 Å². The van der Waals surface area contributed by atoms with E-state index in [1.165, 1.54) is 17.5 Å². The second kappa shape index (κ2) is 9.37. The summed E-state index contributed by atoms with van der Waals surface area (Å²) < 4.78 is 11.8. The number of hydrogen-bond acceptors (Lipinski definition) is 5. The maximum atomic E-state index is 12.3. The largest absolute Gasteiger partial charge is 0.441 e. The van der Waals surface area contributed by atoms with Gasteiger partial charge >= 0.3 is 0 Å². The van der Waals surface area contributed by atoms with Crippen molar-refractivity contribution in [1.29, 1.82) is 0 Å². The normalized spacial score (nSPS) is 15.8. The van der Waals surface area contributed by atoms with E-state index in [1.54, 1.807) is 11.3 Å². The number of nitrogens with zero attached hydrogens (tertiary/aromatic N) is 1.